The van der Waals surface area contributed by atoms with Crippen molar-refractivity contribution in [1.82, 2.24) is 0 Å². The third-order valence-electron chi connectivity index (χ3n) is 8.04. The van der Waals surface area contributed by atoms with Crippen LogP contribution in [0.1, 0.15) is 0 Å². The van der Waals surface area contributed by atoms with Crippen molar-refractivity contribution in [2.24, 2.45) is 0 Å². The molecule has 306 valence electrons. The zero-order chi connectivity index (χ0) is 43.2. The van der Waals surface area contributed by atoms with Gasteiger partial charge < -0.3 is 9.47 Å². The number of rotatable bonds is 9. The van der Waals surface area contributed by atoms with Crippen molar-refractivity contribution >= 4 is 62.0 Å². The van der Waals surface area contributed by atoms with Gasteiger partial charge >= 0.3 is 0 Å². The van der Waals surface area contributed by atoms with Crippen molar-refractivity contribution < 1.29 is 96.5 Å². The first-order valence-corrected chi connectivity index (χ1v) is 20.5. The lowest BCUT2D eigenvalue weighted by atomic mass is 10.0. The lowest BCUT2D eigenvalue weighted by molar-refractivity contribution is 0.362. The third kappa shape index (κ3) is 7.27. The maximum atomic E-state index is 15.5. The Balaban J connectivity index is 1.48. The molecule has 0 unspecified atom stereocenters. The van der Waals surface area contributed by atoms with E-state index in [-0.39, 0.29) is 0 Å². The fraction of sp³-hybridized carbons (Fsp3) is 0. The molecule has 0 heterocycles. The molecule has 0 aliphatic rings. The number of fused-ring (bicyclic) bond motifs is 2. The van der Waals surface area contributed by atoms with E-state index < -0.39 is 162 Å². The van der Waals surface area contributed by atoms with Gasteiger partial charge in [-0.05, 0) is 47.2 Å². The van der Waals surface area contributed by atoms with Crippen LogP contribution in [0.2, 0.25) is 0 Å². The monoisotopic (exact) mass is 902 g/mol. The van der Waals surface area contributed by atoms with Gasteiger partial charge in [0.15, 0.2) is 23.3 Å². The molecule has 0 aromatic heterocycles. The molecule has 0 spiro atoms. The molecule has 4 N–H and O–H groups in total. The highest BCUT2D eigenvalue weighted by Gasteiger charge is 2.36. The summed E-state index contributed by atoms with van der Waals surface area (Å²) in [6.07, 6.45) is 0. The van der Waals surface area contributed by atoms with Crippen molar-refractivity contribution in [1.29, 1.82) is 0 Å². The van der Waals surface area contributed by atoms with Gasteiger partial charge in [0.05, 0.1) is 11.1 Å². The highest BCUT2D eigenvalue weighted by molar-refractivity contribution is 7.89. The molecule has 0 aliphatic carbocycles. The largest absolute Gasteiger partial charge is 0.450 e. The Morgan fingerprint density at radius 2 is 0.638 bits per heavy atom. The van der Waals surface area contributed by atoms with Gasteiger partial charge in [-0.15, -0.1) is 0 Å². The van der Waals surface area contributed by atoms with Crippen molar-refractivity contribution in [2.45, 2.75) is 19.6 Å². The molecule has 0 fully saturated rings. The number of hydrogen-bond acceptors (Lipinski definition) is 10. The van der Waals surface area contributed by atoms with Crippen LogP contribution in [0, 0.1) is 46.5 Å². The normalized spacial score (nSPS) is 12.7. The highest BCUT2D eigenvalue weighted by Crippen LogP contribution is 2.45. The first-order chi connectivity index (χ1) is 26.6. The summed E-state index contributed by atoms with van der Waals surface area (Å²) in [5.41, 5.74) is -4.79. The fourth-order valence-corrected chi connectivity index (χ4v) is 9.16. The number of halogens is 8. The predicted octanol–water partition coefficient (Wildman–Crippen LogP) is 7.34. The molecule has 0 saturated carbocycles. The van der Waals surface area contributed by atoms with Crippen LogP contribution in [0.4, 0.5) is 35.1 Å². The summed E-state index contributed by atoms with van der Waals surface area (Å²) in [7, 11) is -21.7. The van der Waals surface area contributed by atoms with E-state index in [1.54, 1.807) is 0 Å². The maximum absolute atomic E-state index is 15.5. The minimum atomic E-state index is -5.49. The summed E-state index contributed by atoms with van der Waals surface area (Å²) < 4.78 is 266. The van der Waals surface area contributed by atoms with Crippen LogP contribution in [0.25, 0.3) is 32.7 Å². The van der Waals surface area contributed by atoms with Crippen molar-refractivity contribution in [3.8, 4) is 34.1 Å². The predicted molar refractivity (Wildman–Crippen MR) is 179 cm³/mol. The molecule has 26 heteroatoms. The summed E-state index contributed by atoms with van der Waals surface area (Å²) >= 11 is 0. The first-order valence-electron chi connectivity index (χ1n) is 14.8. The fourth-order valence-electron chi connectivity index (χ4n) is 5.56. The Labute approximate surface area is 318 Å². The van der Waals surface area contributed by atoms with Crippen LogP contribution in [0.5, 0.6) is 23.0 Å². The Kier molecular flexibility index (Phi) is 10.3. The van der Waals surface area contributed by atoms with Crippen LogP contribution >= 0.6 is 0 Å². The summed E-state index contributed by atoms with van der Waals surface area (Å²) in [5, 5.41) is -2.05. The number of ether oxygens (including phenoxy) is 2. The van der Waals surface area contributed by atoms with Crippen molar-refractivity contribution in [3.05, 3.63) is 107 Å². The van der Waals surface area contributed by atoms with E-state index in [4.69, 9.17) is 9.47 Å². The molecular weight excluding hydrogens is 889 g/mol. The Morgan fingerprint density at radius 1 is 0.379 bits per heavy atom. The second-order valence-electron chi connectivity index (χ2n) is 11.6. The smallest absolute Gasteiger partial charge is 0.295 e. The molecule has 14 nitrogen and oxygen atoms in total. The molecule has 0 radical (unpaired) electrons. The molecular formula is C32H14F8O14S4. The second kappa shape index (κ2) is 14.1. The molecule has 0 atom stereocenters. The zero-order valence-corrected chi connectivity index (χ0v) is 30.6. The van der Waals surface area contributed by atoms with Crippen LogP contribution in [-0.2, 0) is 40.5 Å². The third-order valence-corrected chi connectivity index (χ3v) is 11.9. The van der Waals surface area contributed by atoms with Gasteiger partial charge in [-0.1, -0.05) is 24.3 Å². The van der Waals surface area contributed by atoms with E-state index in [0.29, 0.717) is 24.3 Å². The van der Waals surface area contributed by atoms with E-state index >= 15 is 35.1 Å². The van der Waals surface area contributed by atoms with Crippen LogP contribution in [0.15, 0.2) is 80.2 Å². The molecule has 0 bridgehead atoms. The molecule has 6 aromatic rings. The molecule has 6 aromatic carbocycles. The van der Waals surface area contributed by atoms with Crippen LogP contribution in [-0.4, -0.2) is 51.9 Å². The molecule has 0 saturated heterocycles. The zero-order valence-electron chi connectivity index (χ0n) is 27.3. The van der Waals surface area contributed by atoms with E-state index in [2.05, 4.69) is 0 Å². The summed E-state index contributed by atoms with van der Waals surface area (Å²) in [6, 6.07) is 7.02. The van der Waals surface area contributed by atoms with Gasteiger partial charge in [0.25, 0.3) is 40.5 Å². The van der Waals surface area contributed by atoms with Gasteiger partial charge in [-0.3, -0.25) is 18.2 Å². The van der Waals surface area contributed by atoms with Crippen molar-refractivity contribution in [2.75, 3.05) is 0 Å². The van der Waals surface area contributed by atoms with Gasteiger partial charge in [-0.2, -0.15) is 51.2 Å². The second-order valence-corrected chi connectivity index (χ2v) is 17.1. The minimum absolute atomic E-state index is 0.322. The summed E-state index contributed by atoms with van der Waals surface area (Å²) in [5.74, 6) is -27.4. The number of benzene rings is 6. The molecule has 0 aliphatic heterocycles. The maximum Gasteiger partial charge on any atom is 0.295 e. The quantitative estimate of drug-likeness (QED) is 0.0631. The Morgan fingerprint density at radius 3 is 0.897 bits per heavy atom. The number of hydrogen-bond donors (Lipinski definition) is 4. The first kappa shape index (κ1) is 42.1. The van der Waals surface area contributed by atoms with Gasteiger partial charge in [-0.25, -0.2) is 17.6 Å². The topological polar surface area (TPSA) is 236 Å². The molecule has 58 heavy (non-hydrogen) atoms. The van der Waals surface area contributed by atoms with Gasteiger partial charge in [0.1, 0.15) is 31.1 Å². The van der Waals surface area contributed by atoms with Gasteiger partial charge in [0.2, 0.25) is 34.8 Å². The van der Waals surface area contributed by atoms with E-state index in [1.807, 2.05) is 0 Å². The van der Waals surface area contributed by atoms with Crippen LogP contribution < -0.4 is 9.47 Å². The lowest BCUT2D eigenvalue weighted by Crippen LogP contribution is -2.10. The highest BCUT2D eigenvalue weighted by atomic mass is 32.2. The summed E-state index contributed by atoms with van der Waals surface area (Å²) in [6.45, 7) is 0. The standard InChI is InChI=1S/C32H14F8O14S4/c33-23-21(24(34)28(38)31(27(23)37)53-15-5-1-3-11-7-17(55(41,42)43)19(9-13(11)15)57(47,48)49)22-25(35)29(39)32(30(40)26(22)36)54-16-6-2-4-12-8-18(56(44,45)46)20(10-14(12)16)58(50,51)52/h1-10H,(H,41,42,43)(H,44,45,46)(H,47,48,49)(H,50,51,52). The van der Waals surface area contributed by atoms with E-state index in [0.717, 1.165) is 36.4 Å². The molecule has 6 rings (SSSR count). The minimum Gasteiger partial charge on any atom is -0.450 e. The van der Waals surface area contributed by atoms with Crippen LogP contribution in [0.3, 0.4) is 0 Å². The molecule has 0 amide bonds. The Bertz CT molecular complexity index is 3000. The van der Waals surface area contributed by atoms with Gasteiger partial charge in [0, 0.05) is 10.8 Å². The van der Waals surface area contributed by atoms with E-state index in [9.17, 15) is 51.9 Å². The summed E-state index contributed by atoms with van der Waals surface area (Å²) in [4.78, 5) is -5.75. The lowest BCUT2D eigenvalue weighted by Gasteiger charge is -2.17. The van der Waals surface area contributed by atoms with E-state index in [1.165, 1.54) is 0 Å². The van der Waals surface area contributed by atoms with Crippen molar-refractivity contribution in [3.63, 3.8) is 0 Å². The average molecular weight is 903 g/mol. The average Bonchev–Trinajstić information content (AvgIpc) is 3.12. The SMILES string of the molecule is O=S(=O)(O)c1cc2cccc(Oc3c(F)c(F)c(-c4c(F)c(F)c(Oc5cccc6cc(S(=O)(=O)O)c(S(=O)(=O)O)cc56)c(F)c4F)c(F)c3F)c2cc1S(=O)(=O)O. The Hall–Kier alpha value is -5.48.